The van der Waals surface area contributed by atoms with Crippen molar-refractivity contribution in [1.29, 1.82) is 0 Å². The van der Waals surface area contributed by atoms with Crippen molar-refractivity contribution in [2.45, 2.75) is 68.3 Å². The van der Waals surface area contributed by atoms with Crippen molar-refractivity contribution >= 4 is 34.6 Å². The third-order valence-corrected chi connectivity index (χ3v) is 13.9. The van der Waals surface area contributed by atoms with Gasteiger partial charge >= 0.3 is 11.9 Å². The molecule has 1 spiro atoms. The standard InChI is InChI=1S/C40H42N4O10S/c1-17-10-20-12-39(48)14-41-29(26(20)31(46)32(17)50-5)30-36-28-27(35-34(52-16-53-35)18(2)33(28)54-19(3)45)25(44(30)39)13-51-38(47)40(15-55-36)37-22(8-9-42-40)23-11-21(49-4)6-7-24(23)43-37/h6-7,10-11,25,29-30,36,41-43,46,48H,8-9,12-16H2,1-5H3/t25-,29?,30?,36+,39?,40+/m0/s1. The predicted molar refractivity (Wildman–Crippen MR) is 200 cm³/mol. The fourth-order valence-corrected chi connectivity index (χ4v) is 11.9. The minimum atomic E-state index is -1.50. The Balaban J connectivity index is 1.23. The summed E-state index contributed by atoms with van der Waals surface area (Å²) in [7, 11) is 3.16. The first-order valence-corrected chi connectivity index (χ1v) is 19.5. The number of benzene rings is 3. The van der Waals surface area contributed by atoms with Crippen molar-refractivity contribution < 1.29 is 48.2 Å². The van der Waals surface area contributed by atoms with Crippen LogP contribution < -0.4 is 34.3 Å². The quantitative estimate of drug-likeness (QED) is 0.150. The minimum Gasteiger partial charge on any atom is -0.504 e. The summed E-state index contributed by atoms with van der Waals surface area (Å²) >= 11 is 1.51. The van der Waals surface area contributed by atoms with Gasteiger partial charge in [-0.15, -0.1) is 11.8 Å². The third-order valence-electron chi connectivity index (χ3n) is 12.4. The lowest BCUT2D eigenvalue weighted by molar-refractivity contribution is -0.191. The van der Waals surface area contributed by atoms with Crippen LogP contribution >= 0.6 is 11.8 Å². The second-order valence-electron chi connectivity index (χ2n) is 15.3. The number of aromatic hydroxyl groups is 1. The van der Waals surface area contributed by atoms with Crippen molar-refractivity contribution in [3.05, 3.63) is 68.9 Å². The molecule has 8 aliphatic rings. The third kappa shape index (κ3) is 4.70. The van der Waals surface area contributed by atoms with Crippen LogP contribution in [0.3, 0.4) is 0 Å². The van der Waals surface area contributed by atoms with Crippen LogP contribution in [0.15, 0.2) is 24.3 Å². The molecule has 15 heteroatoms. The van der Waals surface area contributed by atoms with E-state index in [1.807, 2.05) is 43.0 Å². The number of ether oxygens (including phenoxy) is 6. The lowest BCUT2D eigenvalue weighted by Crippen LogP contribution is -2.70. The molecule has 3 aromatic carbocycles. The smallest absolute Gasteiger partial charge is 0.333 e. The first kappa shape index (κ1) is 34.8. The van der Waals surface area contributed by atoms with Crippen LogP contribution in [-0.4, -0.2) is 90.3 Å². The van der Waals surface area contributed by atoms with E-state index in [1.165, 1.54) is 25.8 Å². The molecular weight excluding hydrogens is 729 g/mol. The minimum absolute atomic E-state index is 0.0105. The van der Waals surface area contributed by atoms with Crippen molar-refractivity contribution in [2.75, 3.05) is 46.5 Å². The number of esters is 2. The molecule has 12 rings (SSSR count). The number of carbonyl (C=O) groups is 2. The zero-order chi connectivity index (χ0) is 38.1. The monoisotopic (exact) mass is 770 g/mol. The zero-order valence-electron chi connectivity index (χ0n) is 31.1. The average Bonchev–Trinajstić information content (AvgIpc) is 3.75. The van der Waals surface area contributed by atoms with Crippen molar-refractivity contribution in [3.63, 3.8) is 0 Å². The molecule has 4 unspecified atom stereocenters. The van der Waals surface area contributed by atoms with Gasteiger partial charge in [0.25, 0.3) is 0 Å². The number of carbonyl (C=O) groups excluding carboxylic acids is 2. The summed E-state index contributed by atoms with van der Waals surface area (Å²) in [5.41, 5.74) is 3.96. The van der Waals surface area contributed by atoms with E-state index in [1.54, 1.807) is 7.11 Å². The molecule has 1 aromatic heterocycles. The van der Waals surface area contributed by atoms with Crippen molar-refractivity contribution in [3.8, 4) is 34.5 Å². The number of phenols is 1. The highest BCUT2D eigenvalue weighted by atomic mass is 32.2. The highest BCUT2D eigenvalue weighted by Gasteiger charge is 2.62. The number of H-pyrrole nitrogens is 1. The first-order chi connectivity index (χ1) is 26.5. The molecule has 0 saturated carbocycles. The van der Waals surface area contributed by atoms with Crippen LogP contribution in [0.4, 0.5) is 0 Å². The molecule has 5 N–H and O–H groups in total. The van der Waals surface area contributed by atoms with Crippen LogP contribution in [-0.2, 0) is 32.7 Å². The maximum absolute atomic E-state index is 14.9. The molecule has 0 amide bonds. The highest BCUT2D eigenvalue weighted by Crippen LogP contribution is 2.64. The molecule has 2 saturated heterocycles. The average molecular weight is 771 g/mol. The molecule has 0 radical (unpaired) electrons. The van der Waals surface area contributed by atoms with Gasteiger partial charge in [-0.1, -0.05) is 6.07 Å². The summed E-state index contributed by atoms with van der Waals surface area (Å²) in [6.07, 6.45) is 0.858. The Morgan fingerprint density at radius 3 is 2.65 bits per heavy atom. The van der Waals surface area contributed by atoms with Gasteiger partial charge in [0, 0.05) is 71.4 Å². The van der Waals surface area contributed by atoms with Crippen molar-refractivity contribution in [1.82, 2.24) is 20.5 Å². The Kier molecular flexibility index (Phi) is 7.69. The van der Waals surface area contributed by atoms with E-state index in [2.05, 4.69) is 15.6 Å². The number of hydrogen-bond acceptors (Lipinski definition) is 14. The number of fused-ring (bicyclic) bond motifs is 8. The number of hydrogen-bond donors (Lipinski definition) is 5. The van der Waals surface area contributed by atoms with Crippen LogP contribution in [0.25, 0.3) is 10.9 Å². The number of aliphatic hydroxyl groups is 1. The van der Waals surface area contributed by atoms with E-state index in [0.29, 0.717) is 58.2 Å². The molecular formula is C40H42N4O10S. The van der Waals surface area contributed by atoms with E-state index in [4.69, 9.17) is 28.4 Å². The van der Waals surface area contributed by atoms with Crippen LogP contribution in [0.2, 0.25) is 0 Å². The zero-order valence-corrected chi connectivity index (χ0v) is 31.9. The topological polar surface area (TPSA) is 173 Å². The second kappa shape index (κ2) is 12.2. The molecule has 9 heterocycles. The van der Waals surface area contributed by atoms with Gasteiger partial charge < -0.3 is 48.9 Å². The lowest BCUT2D eigenvalue weighted by Gasteiger charge is -2.58. The van der Waals surface area contributed by atoms with E-state index in [-0.39, 0.29) is 37.9 Å². The number of nitrogens with zero attached hydrogens (tertiary/aromatic N) is 1. The van der Waals surface area contributed by atoms with Crippen LogP contribution in [0.1, 0.15) is 68.9 Å². The Morgan fingerprint density at radius 2 is 1.87 bits per heavy atom. The Hall–Kier alpha value is -4.67. The largest absolute Gasteiger partial charge is 0.504 e. The van der Waals surface area contributed by atoms with E-state index in [0.717, 1.165) is 39.0 Å². The fourth-order valence-electron chi connectivity index (χ4n) is 10.3. The molecule has 14 nitrogen and oxygen atoms in total. The number of phenolic OH excluding ortho intramolecular Hbond substituents is 1. The maximum atomic E-state index is 14.9. The van der Waals surface area contributed by atoms with Gasteiger partial charge in [-0.2, -0.15) is 0 Å². The molecule has 4 bridgehead atoms. The Labute approximate surface area is 320 Å². The van der Waals surface area contributed by atoms with Crippen LogP contribution in [0.5, 0.6) is 34.5 Å². The number of thioether (sulfide) groups is 1. The van der Waals surface area contributed by atoms with E-state index >= 15 is 0 Å². The highest BCUT2D eigenvalue weighted by molar-refractivity contribution is 7.99. The molecule has 288 valence electrons. The number of aryl methyl sites for hydroxylation is 1. The number of piperazine rings is 1. The predicted octanol–water partition coefficient (Wildman–Crippen LogP) is 3.85. The van der Waals surface area contributed by atoms with Gasteiger partial charge in [0.1, 0.15) is 23.8 Å². The van der Waals surface area contributed by atoms with Gasteiger partial charge in [-0.05, 0) is 55.2 Å². The molecule has 8 aliphatic heterocycles. The summed E-state index contributed by atoms with van der Waals surface area (Å²) in [5.74, 6) is 1.62. The van der Waals surface area contributed by atoms with Gasteiger partial charge in [-0.3, -0.25) is 15.0 Å². The number of aromatic amines is 1. The normalized spacial score (nSPS) is 29.9. The molecule has 0 aliphatic carbocycles. The summed E-state index contributed by atoms with van der Waals surface area (Å²) in [6, 6.07) is 5.95. The Morgan fingerprint density at radius 1 is 1.05 bits per heavy atom. The lowest BCUT2D eigenvalue weighted by atomic mass is 9.78. The molecule has 2 fully saturated rings. The SMILES string of the molecule is COc1ccc2[nH]c3c(c2c1)CCN[C@]31CS[C@@H]2c3c(OC(C)=O)c(C)c4c(c3[C@H](COC1=O)N1C2C2NCC1(O)Cc1cc(C)c(OC)c(O)c12)OCO4. The van der Waals surface area contributed by atoms with Gasteiger partial charge in [-0.25, -0.2) is 4.79 Å². The molecule has 4 aromatic rings. The summed E-state index contributed by atoms with van der Waals surface area (Å²) in [4.78, 5) is 33.4. The Bertz CT molecular complexity index is 2350. The summed E-state index contributed by atoms with van der Waals surface area (Å²) in [5, 5.41) is 32.5. The number of methoxy groups -OCH3 is 2. The second-order valence-corrected chi connectivity index (χ2v) is 16.5. The number of aromatic nitrogens is 1. The number of nitrogens with one attached hydrogen (secondary N) is 3. The summed E-state index contributed by atoms with van der Waals surface area (Å²) in [6.45, 7) is 5.55. The van der Waals surface area contributed by atoms with Gasteiger partial charge in [0.05, 0.1) is 37.2 Å². The molecule has 7 atom stereocenters. The van der Waals surface area contributed by atoms with Crippen molar-refractivity contribution in [2.24, 2.45) is 0 Å². The first-order valence-electron chi connectivity index (χ1n) is 18.5. The van der Waals surface area contributed by atoms with Gasteiger partial charge in [0.15, 0.2) is 28.5 Å². The van der Waals surface area contributed by atoms with Gasteiger partial charge in [0.2, 0.25) is 6.79 Å². The van der Waals surface area contributed by atoms with Crippen LogP contribution in [0, 0.1) is 13.8 Å². The molecule has 55 heavy (non-hydrogen) atoms. The van der Waals surface area contributed by atoms with E-state index < -0.39 is 46.6 Å². The summed E-state index contributed by atoms with van der Waals surface area (Å²) < 4.78 is 36.1. The maximum Gasteiger partial charge on any atom is 0.333 e. The number of rotatable bonds is 3. The van der Waals surface area contributed by atoms with E-state index in [9.17, 15) is 19.8 Å². The fraction of sp³-hybridized carbons (Fsp3) is 0.450.